The molecule has 1 atom stereocenters. The molecular formula is C14H19N5O. The normalized spacial score (nSPS) is 11.2. The molecule has 1 N–H and O–H groups in total. The predicted octanol–water partition coefficient (Wildman–Crippen LogP) is 3.33. The van der Waals surface area contributed by atoms with Crippen molar-refractivity contribution in [3.8, 4) is 11.8 Å². The third-order valence-electron chi connectivity index (χ3n) is 2.66. The van der Waals surface area contributed by atoms with E-state index in [0.29, 0.717) is 26.1 Å². The van der Waals surface area contributed by atoms with Gasteiger partial charge >= 0.3 is 0 Å². The number of nitriles is 1. The van der Waals surface area contributed by atoms with Crippen molar-refractivity contribution in [3.05, 3.63) is 40.3 Å². The largest absolute Gasteiger partial charge is 0.494 e. The second-order valence-corrected chi connectivity index (χ2v) is 4.24. The van der Waals surface area contributed by atoms with Crippen molar-refractivity contribution in [3.63, 3.8) is 0 Å². The molecule has 0 aromatic heterocycles. The topological polar surface area (TPSA) is 93.8 Å². The van der Waals surface area contributed by atoms with Gasteiger partial charge in [-0.3, -0.25) is 5.32 Å². The first kappa shape index (κ1) is 15.8. The Morgan fingerprint density at radius 2 is 2.20 bits per heavy atom. The van der Waals surface area contributed by atoms with Gasteiger partial charge in [0, 0.05) is 11.5 Å². The second kappa shape index (κ2) is 9.68. The maximum absolute atomic E-state index is 9.17. The van der Waals surface area contributed by atoms with Crippen molar-refractivity contribution >= 4 is 0 Å². The van der Waals surface area contributed by atoms with Gasteiger partial charge in [0.05, 0.1) is 12.7 Å². The number of benzene rings is 1. The Labute approximate surface area is 119 Å². The van der Waals surface area contributed by atoms with Crippen LogP contribution in [0.5, 0.6) is 5.75 Å². The van der Waals surface area contributed by atoms with Gasteiger partial charge in [0.1, 0.15) is 11.8 Å². The molecule has 0 saturated carbocycles. The summed E-state index contributed by atoms with van der Waals surface area (Å²) in [6, 6.07) is 9.38. The van der Waals surface area contributed by atoms with Gasteiger partial charge in [-0.1, -0.05) is 24.2 Å². The number of hydrogen-bond donors (Lipinski definition) is 1. The smallest absolute Gasteiger partial charge is 0.121 e. The molecule has 0 spiro atoms. The van der Waals surface area contributed by atoms with E-state index in [0.717, 1.165) is 17.7 Å². The van der Waals surface area contributed by atoms with Crippen molar-refractivity contribution in [2.45, 2.75) is 25.8 Å². The molecule has 0 saturated heterocycles. The van der Waals surface area contributed by atoms with Crippen molar-refractivity contribution in [1.29, 1.82) is 5.26 Å². The summed E-state index contributed by atoms with van der Waals surface area (Å²) < 4.78 is 5.50. The summed E-state index contributed by atoms with van der Waals surface area (Å²) in [7, 11) is 0. The molecule has 1 aromatic rings. The van der Waals surface area contributed by atoms with Gasteiger partial charge in [-0.15, -0.1) is 0 Å². The molecule has 0 aliphatic rings. The van der Waals surface area contributed by atoms with Crippen LogP contribution in [0.1, 0.15) is 31.4 Å². The minimum absolute atomic E-state index is 0.360. The molecule has 6 heteroatoms. The van der Waals surface area contributed by atoms with E-state index < -0.39 is 0 Å². The standard InChI is InChI=1S/C14H19N5O/c1-2-10-20-13-6-4-12(5-7-13)14(11-15)17-8-3-9-18-19-16/h4-7,14,17H,2-3,8-10H2,1H3. The van der Waals surface area contributed by atoms with Crippen LogP contribution < -0.4 is 10.1 Å². The van der Waals surface area contributed by atoms with Crippen molar-refractivity contribution in [1.82, 2.24) is 5.32 Å². The number of hydrogen-bond acceptors (Lipinski definition) is 4. The van der Waals surface area contributed by atoms with Crippen LogP contribution in [0.2, 0.25) is 0 Å². The van der Waals surface area contributed by atoms with E-state index in [1.165, 1.54) is 0 Å². The molecule has 20 heavy (non-hydrogen) atoms. The second-order valence-electron chi connectivity index (χ2n) is 4.24. The average molecular weight is 273 g/mol. The monoisotopic (exact) mass is 273 g/mol. The van der Waals surface area contributed by atoms with Crippen molar-refractivity contribution in [2.24, 2.45) is 5.11 Å². The third-order valence-corrected chi connectivity index (χ3v) is 2.66. The first-order valence-corrected chi connectivity index (χ1v) is 6.68. The zero-order valence-corrected chi connectivity index (χ0v) is 11.6. The first-order chi connectivity index (χ1) is 9.81. The summed E-state index contributed by atoms with van der Waals surface area (Å²) >= 11 is 0. The molecule has 0 radical (unpaired) electrons. The fraction of sp³-hybridized carbons (Fsp3) is 0.500. The fourth-order valence-corrected chi connectivity index (χ4v) is 1.66. The van der Waals surface area contributed by atoms with E-state index in [9.17, 15) is 0 Å². The minimum atomic E-state index is -0.360. The molecule has 0 bridgehead atoms. The molecule has 0 heterocycles. The molecule has 6 nitrogen and oxygen atoms in total. The summed E-state index contributed by atoms with van der Waals surface area (Å²) in [5, 5.41) is 15.7. The highest BCUT2D eigenvalue weighted by molar-refractivity contribution is 5.31. The molecule has 0 fully saturated rings. The first-order valence-electron chi connectivity index (χ1n) is 6.68. The molecular weight excluding hydrogens is 254 g/mol. The van der Waals surface area contributed by atoms with Gasteiger partial charge in [0.25, 0.3) is 0 Å². The van der Waals surface area contributed by atoms with Crippen molar-refractivity contribution < 1.29 is 4.74 Å². The summed E-state index contributed by atoms with van der Waals surface area (Å²) in [6.07, 6.45) is 1.68. The summed E-state index contributed by atoms with van der Waals surface area (Å²) in [5.74, 6) is 0.815. The van der Waals surface area contributed by atoms with Crippen LogP contribution in [0.4, 0.5) is 0 Å². The number of nitrogens with zero attached hydrogens (tertiary/aromatic N) is 4. The average Bonchev–Trinajstić information content (AvgIpc) is 2.49. The lowest BCUT2D eigenvalue weighted by atomic mass is 10.1. The van der Waals surface area contributed by atoms with E-state index in [4.69, 9.17) is 15.5 Å². The van der Waals surface area contributed by atoms with Crippen LogP contribution in [0.25, 0.3) is 10.4 Å². The minimum Gasteiger partial charge on any atom is -0.494 e. The molecule has 1 unspecified atom stereocenters. The summed E-state index contributed by atoms with van der Waals surface area (Å²) in [5.41, 5.74) is 9.06. The lowest BCUT2D eigenvalue weighted by Gasteiger charge is -2.12. The Hall–Kier alpha value is -2.22. The number of azide groups is 1. The third kappa shape index (κ3) is 5.61. The zero-order chi connectivity index (χ0) is 14.6. The van der Waals surface area contributed by atoms with E-state index in [2.05, 4.69) is 28.3 Å². The van der Waals surface area contributed by atoms with E-state index >= 15 is 0 Å². The lowest BCUT2D eigenvalue weighted by molar-refractivity contribution is 0.317. The van der Waals surface area contributed by atoms with Gasteiger partial charge < -0.3 is 4.74 Å². The van der Waals surface area contributed by atoms with Crippen LogP contribution in [-0.4, -0.2) is 19.7 Å². The summed E-state index contributed by atoms with van der Waals surface area (Å²) in [4.78, 5) is 2.68. The maximum atomic E-state index is 9.17. The van der Waals surface area contributed by atoms with Crippen LogP contribution in [0.3, 0.4) is 0 Å². The van der Waals surface area contributed by atoms with Gasteiger partial charge in [-0.05, 0) is 42.6 Å². The molecule has 1 aromatic carbocycles. The molecule has 106 valence electrons. The number of ether oxygens (including phenoxy) is 1. The zero-order valence-electron chi connectivity index (χ0n) is 11.6. The van der Waals surface area contributed by atoms with Crippen LogP contribution in [0.15, 0.2) is 29.4 Å². The fourth-order valence-electron chi connectivity index (χ4n) is 1.66. The molecule has 0 aliphatic carbocycles. The predicted molar refractivity (Wildman–Crippen MR) is 77.2 cm³/mol. The Morgan fingerprint density at radius 1 is 1.45 bits per heavy atom. The van der Waals surface area contributed by atoms with Gasteiger partial charge in [0.15, 0.2) is 0 Å². The van der Waals surface area contributed by atoms with Crippen LogP contribution in [0, 0.1) is 11.3 Å². The van der Waals surface area contributed by atoms with Gasteiger partial charge in [-0.2, -0.15) is 5.26 Å². The van der Waals surface area contributed by atoms with E-state index in [1.54, 1.807) is 0 Å². The SMILES string of the molecule is CCCOc1ccc(C(C#N)NCCCN=[N+]=[N-])cc1. The van der Waals surface area contributed by atoms with E-state index in [1.807, 2.05) is 24.3 Å². The van der Waals surface area contributed by atoms with Gasteiger partial charge in [0.2, 0.25) is 0 Å². The van der Waals surface area contributed by atoms with Crippen LogP contribution >= 0.6 is 0 Å². The Bertz CT molecular complexity index is 473. The number of rotatable bonds is 9. The highest BCUT2D eigenvalue weighted by Crippen LogP contribution is 2.17. The maximum Gasteiger partial charge on any atom is 0.121 e. The summed E-state index contributed by atoms with van der Waals surface area (Å²) in [6.45, 7) is 3.82. The Kier molecular flexibility index (Phi) is 7.66. The molecule has 0 aliphatic heterocycles. The highest BCUT2D eigenvalue weighted by atomic mass is 16.5. The lowest BCUT2D eigenvalue weighted by Crippen LogP contribution is -2.21. The van der Waals surface area contributed by atoms with Gasteiger partial charge in [-0.25, -0.2) is 0 Å². The number of nitrogens with one attached hydrogen (secondary N) is 1. The van der Waals surface area contributed by atoms with Crippen molar-refractivity contribution in [2.75, 3.05) is 19.7 Å². The van der Waals surface area contributed by atoms with E-state index in [-0.39, 0.29) is 6.04 Å². The molecule has 0 amide bonds. The Balaban J connectivity index is 2.48. The Morgan fingerprint density at radius 3 is 2.80 bits per heavy atom. The highest BCUT2D eigenvalue weighted by Gasteiger charge is 2.09. The molecule has 1 rings (SSSR count). The quantitative estimate of drug-likeness (QED) is 0.323. The van der Waals surface area contributed by atoms with Crippen LogP contribution in [-0.2, 0) is 0 Å².